The molecule has 0 saturated heterocycles. The topological polar surface area (TPSA) is 20.3 Å². The van der Waals surface area contributed by atoms with E-state index in [1.807, 2.05) is 4.90 Å². The van der Waals surface area contributed by atoms with Gasteiger partial charge in [0.15, 0.2) is 0 Å². The van der Waals surface area contributed by atoms with Crippen molar-refractivity contribution in [1.82, 2.24) is 4.90 Å². The van der Waals surface area contributed by atoms with E-state index < -0.39 is 0 Å². The Balaban J connectivity index is 2.03. The van der Waals surface area contributed by atoms with Crippen molar-refractivity contribution in [3.05, 3.63) is 29.3 Å². The summed E-state index contributed by atoms with van der Waals surface area (Å²) in [7, 11) is 0. The van der Waals surface area contributed by atoms with Crippen molar-refractivity contribution in [3.63, 3.8) is 0 Å². The molecule has 1 aromatic carbocycles. The van der Waals surface area contributed by atoms with Gasteiger partial charge in [0, 0.05) is 30.3 Å². The molecule has 2 nitrogen and oxygen atoms in total. The minimum absolute atomic E-state index is 0.205. The van der Waals surface area contributed by atoms with Crippen molar-refractivity contribution >= 4 is 17.7 Å². The number of hydrogen-bond donors (Lipinski definition) is 0. The third-order valence-electron chi connectivity index (χ3n) is 4.04. The van der Waals surface area contributed by atoms with Gasteiger partial charge in [0.2, 0.25) is 5.91 Å². The molecule has 1 fully saturated rings. The number of nitrogens with zero attached hydrogens (tertiary/aromatic N) is 1. The second kappa shape index (κ2) is 3.77. The molecule has 2 aliphatic rings. The van der Waals surface area contributed by atoms with Crippen molar-refractivity contribution in [1.29, 1.82) is 0 Å². The first-order chi connectivity index (χ1) is 8.14. The summed E-state index contributed by atoms with van der Waals surface area (Å²) in [6.45, 7) is 3.40. The minimum Gasteiger partial charge on any atom is -0.338 e. The zero-order valence-corrected chi connectivity index (χ0v) is 11.1. The van der Waals surface area contributed by atoms with E-state index in [1.165, 1.54) is 28.9 Å². The maximum atomic E-state index is 11.6. The summed E-state index contributed by atoms with van der Waals surface area (Å²) in [5, 5.41) is 0. The third-order valence-corrected chi connectivity index (χ3v) is 4.76. The average Bonchev–Trinajstić information content (AvgIpc) is 3.08. The molecule has 1 heterocycles. The van der Waals surface area contributed by atoms with Gasteiger partial charge in [0.1, 0.15) is 0 Å². The fraction of sp³-hybridized carbons (Fsp3) is 0.500. The van der Waals surface area contributed by atoms with Gasteiger partial charge in [0.05, 0.1) is 0 Å². The van der Waals surface area contributed by atoms with Crippen LogP contribution >= 0.6 is 11.8 Å². The Bertz CT molecular complexity index is 479. The van der Waals surface area contributed by atoms with Gasteiger partial charge in [-0.2, -0.15) is 0 Å². The van der Waals surface area contributed by atoms with Gasteiger partial charge >= 0.3 is 0 Å². The van der Waals surface area contributed by atoms with Crippen molar-refractivity contribution in [2.45, 2.75) is 36.6 Å². The van der Waals surface area contributed by atoms with Crippen LogP contribution in [-0.2, 0) is 16.8 Å². The Labute approximate surface area is 106 Å². The fourth-order valence-electron chi connectivity index (χ4n) is 2.86. The Kier molecular flexibility index (Phi) is 2.47. The summed E-state index contributed by atoms with van der Waals surface area (Å²) in [6, 6.07) is 6.76. The normalized spacial score (nSPS) is 20.2. The Morgan fingerprint density at radius 2 is 2.18 bits per heavy atom. The van der Waals surface area contributed by atoms with E-state index in [0.717, 1.165) is 13.1 Å². The molecule has 0 aromatic heterocycles. The largest absolute Gasteiger partial charge is 0.338 e. The van der Waals surface area contributed by atoms with Crippen LogP contribution in [0.1, 0.15) is 30.9 Å². The summed E-state index contributed by atoms with van der Waals surface area (Å²) < 4.78 is 0. The molecule has 0 bridgehead atoms. The summed E-state index contributed by atoms with van der Waals surface area (Å²) in [6.07, 6.45) is 4.57. The van der Waals surface area contributed by atoms with Crippen LogP contribution in [-0.4, -0.2) is 23.6 Å². The van der Waals surface area contributed by atoms with Gasteiger partial charge in [-0.25, -0.2) is 0 Å². The Morgan fingerprint density at radius 3 is 2.76 bits per heavy atom. The van der Waals surface area contributed by atoms with Crippen LogP contribution < -0.4 is 0 Å². The minimum atomic E-state index is 0.205. The lowest BCUT2D eigenvalue weighted by Crippen LogP contribution is -2.40. The molecule has 1 spiro atoms. The Hall–Kier alpha value is -0.960. The lowest BCUT2D eigenvalue weighted by atomic mass is 9.87. The maximum Gasteiger partial charge on any atom is 0.219 e. The average molecular weight is 247 g/mol. The summed E-state index contributed by atoms with van der Waals surface area (Å²) in [4.78, 5) is 14.9. The highest BCUT2D eigenvalue weighted by Crippen LogP contribution is 2.52. The number of fused-ring (bicyclic) bond motifs is 2. The third kappa shape index (κ3) is 1.77. The summed E-state index contributed by atoms with van der Waals surface area (Å²) in [5.74, 6) is 0.205. The molecule has 1 aliphatic carbocycles. The lowest BCUT2D eigenvalue weighted by Gasteiger charge is -2.34. The molecule has 0 N–H and O–H groups in total. The van der Waals surface area contributed by atoms with Crippen LogP contribution in [0.2, 0.25) is 0 Å². The molecule has 3 heteroatoms. The van der Waals surface area contributed by atoms with E-state index in [0.29, 0.717) is 5.41 Å². The molecule has 90 valence electrons. The first-order valence-corrected chi connectivity index (χ1v) is 7.30. The molecule has 17 heavy (non-hydrogen) atoms. The molecule has 0 radical (unpaired) electrons. The maximum absolute atomic E-state index is 11.6. The van der Waals surface area contributed by atoms with Crippen molar-refractivity contribution in [3.8, 4) is 0 Å². The summed E-state index contributed by atoms with van der Waals surface area (Å²) in [5.41, 5.74) is 3.15. The standard InChI is InChI=1S/C14H17NOS/c1-10(16)15-8-11-7-12(17-2)3-4-13(11)14(9-15)5-6-14/h3-4,7H,5-6,8-9H2,1-2H3. The van der Waals surface area contributed by atoms with Crippen molar-refractivity contribution in [2.24, 2.45) is 0 Å². The summed E-state index contributed by atoms with van der Waals surface area (Å²) >= 11 is 1.77. The highest BCUT2D eigenvalue weighted by atomic mass is 32.2. The van der Waals surface area contributed by atoms with Gasteiger partial charge in [-0.15, -0.1) is 11.8 Å². The van der Waals surface area contributed by atoms with Gasteiger partial charge in [-0.3, -0.25) is 4.79 Å². The molecule has 0 unspecified atom stereocenters. The highest BCUT2D eigenvalue weighted by Gasteiger charge is 2.49. The van der Waals surface area contributed by atoms with Crippen molar-refractivity contribution < 1.29 is 4.79 Å². The molecule has 0 atom stereocenters. The van der Waals surface area contributed by atoms with E-state index in [1.54, 1.807) is 18.7 Å². The molecule has 1 amide bonds. The smallest absolute Gasteiger partial charge is 0.219 e. The van der Waals surface area contributed by atoms with Gasteiger partial charge in [-0.05, 0) is 42.4 Å². The van der Waals surface area contributed by atoms with Crippen LogP contribution in [0.15, 0.2) is 23.1 Å². The van der Waals surface area contributed by atoms with Crippen LogP contribution in [0, 0.1) is 0 Å². The first-order valence-electron chi connectivity index (χ1n) is 6.07. The van der Waals surface area contributed by atoms with E-state index in [4.69, 9.17) is 0 Å². The van der Waals surface area contributed by atoms with Crippen molar-refractivity contribution in [2.75, 3.05) is 12.8 Å². The molecular weight excluding hydrogens is 230 g/mol. The predicted octanol–water partition coefficient (Wildman–Crippen LogP) is 2.80. The molecule has 1 saturated carbocycles. The molecular formula is C14H17NOS. The van der Waals surface area contributed by atoms with Crippen LogP contribution in [0.4, 0.5) is 0 Å². The van der Waals surface area contributed by atoms with Crippen LogP contribution in [0.3, 0.4) is 0 Å². The number of thioether (sulfide) groups is 1. The number of hydrogen-bond acceptors (Lipinski definition) is 2. The number of amides is 1. The second-order valence-electron chi connectivity index (χ2n) is 5.18. The monoisotopic (exact) mass is 247 g/mol. The number of benzene rings is 1. The Morgan fingerprint density at radius 1 is 1.41 bits per heavy atom. The van der Waals surface area contributed by atoms with Gasteiger partial charge in [-0.1, -0.05) is 6.07 Å². The fourth-order valence-corrected chi connectivity index (χ4v) is 3.32. The van der Waals surface area contributed by atoms with Crippen LogP contribution in [0.5, 0.6) is 0 Å². The van der Waals surface area contributed by atoms with Gasteiger partial charge in [0.25, 0.3) is 0 Å². The van der Waals surface area contributed by atoms with E-state index in [9.17, 15) is 4.79 Å². The van der Waals surface area contributed by atoms with E-state index in [2.05, 4.69) is 24.5 Å². The van der Waals surface area contributed by atoms with Crippen LogP contribution in [0.25, 0.3) is 0 Å². The SMILES string of the molecule is CSc1ccc2c(c1)CN(C(C)=O)CC21CC1. The highest BCUT2D eigenvalue weighted by molar-refractivity contribution is 7.98. The molecule has 1 aromatic rings. The van der Waals surface area contributed by atoms with E-state index >= 15 is 0 Å². The second-order valence-corrected chi connectivity index (χ2v) is 6.06. The zero-order chi connectivity index (χ0) is 12.0. The number of rotatable bonds is 1. The molecule has 3 rings (SSSR count). The predicted molar refractivity (Wildman–Crippen MR) is 70.2 cm³/mol. The zero-order valence-electron chi connectivity index (χ0n) is 10.3. The number of carbonyl (C=O) groups is 1. The molecule has 1 aliphatic heterocycles. The number of carbonyl (C=O) groups excluding carboxylic acids is 1. The lowest BCUT2D eigenvalue weighted by molar-refractivity contribution is -0.130. The van der Waals surface area contributed by atoms with E-state index in [-0.39, 0.29) is 5.91 Å². The van der Waals surface area contributed by atoms with Gasteiger partial charge < -0.3 is 4.90 Å². The quantitative estimate of drug-likeness (QED) is 0.711. The first kappa shape index (κ1) is 11.1.